The molecule has 6 heteroatoms. The van der Waals surface area contributed by atoms with Crippen molar-refractivity contribution in [3.05, 3.63) is 46.2 Å². The lowest BCUT2D eigenvalue weighted by atomic mass is 10.2. The number of carbonyl (C=O) groups is 1. The first-order chi connectivity index (χ1) is 10.0. The molecule has 1 N–H and O–H groups in total. The van der Waals surface area contributed by atoms with E-state index in [1.165, 1.54) is 0 Å². The molecule has 0 aliphatic carbocycles. The van der Waals surface area contributed by atoms with Crippen molar-refractivity contribution >= 4 is 23.4 Å². The van der Waals surface area contributed by atoms with Gasteiger partial charge in [0.2, 0.25) is 5.88 Å². The topological polar surface area (TPSA) is 75.3 Å². The molecule has 5 nitrogen and oxygen atoms in total. The number of benzene rings is 1. The van der Waals surface area contributed by atoms with Crippen LogP contribution in [-0.4, -0.2) is 12.5 Å². The standard InChI is InChI=1S/C15H13ClN2O3/c1-9-10(2)21-15(13(9)7-17)18-14(19)8-20-12-5-3-11(16)4-6-12/h3-6H,8H2,1-2H3,(H,18,19). The van der Waals surface area contributed by atoms with Crippen molar-refractivity contribution in [2.45, 2.75) is 13.8 Å². The van der Waals surface area contributed by atoms with E-state index < -0.39 is 5.91 Å². The smallest absolute Gasteiger partial charge is 0.264 e. The predicted molar refractivity (Wildman–Crippen MR) is 78.5 cm³/mol. The molecule has 108 valence electrons. The molecule has 0 bridgehead atoms. The van der Waals surface area contributed by atoms with Crippen LogP contribution in [0, 0.1) is 25.2 Å². The molecular weight excluding hydrogens is 292 g/mol. The second kappa shape index (κ2) is 6.33. The van der Waals surface area contributed by atoms with E-state index in [-0.39, 0.29) is 12.5 Å². The Labute approximate surface area is 127 Å². The lowest BCUT2D eigenvalue weighted by molar-refractivity contribution is -0.118. The Hall–Kier alpha value is -2.45. The van der Waals surface area contributed by atoms with Crippen molar-refractivity contribution in [3.8, 4) is 11.8 Å². The number of nitrogens with zero attached hydrogens (tertiary/aromatic N) is 1. The quantitative estimate of drug-likeness (QED) is 0.938. The zero-order valence-electron chi connectivity index (χ0n) is 11.6. The van der Waals surface area contributed by atoms with Gasteiger partial charge in [0, 0.05) is 10.6 Å². The molecule has 1 aromatic heterocycles. The van der Waals surface area contributed by atoms with Crippen LogP contribution >= 0.6 is 11.6 Å². The first kappa shape index (κ1) is 14.9. The second-order valence-corrected chi connectivity index (χ2v) is 4.83. The monoisotopic (exact) mass is 304 g/mol. The van der Waals surface area contributed by atoms with Gasteiger partial charge in [-0.05, 0) is 38.1 Å². The molecule has 0 fully saturated rings. The van der Waals surface area contributed by atoms with Crippen LogP contribution in [0.5, 0.6) is 5.75 Å². The van der Waals surface area contributed by atoms with Gasteiger partial charge in [0.15, 0.2) is 6.61 Å². The molecule has 1 amide bonds. The average Bonchev–Trinajstić information content (AvgIpc) is 2.72. The molecule has 1 heterocycles. The fourth-order valence-electron chi connectivity index (χ4n) is 1.69. The summed E-state index contributed by atoms with van der Waals surface area (Å²) in [4.78, 5) is 11.8. The Morgan fingerprint density at radius 2 is 2.05 bits per heavy atom. The van der Waals surface area contributed by atoms with Gasteiger partial charge in [-0.25, -0.2) is 0 Å². The van der Waals surface area contributed by atoms with Gasteiger partial charge in [0.05, 0.1) is 0 Å². The van der Waals surface area contributed by atoms with Crippen LogP contribution in [0.1, 0.15) is 16.9 Å². The molecule has 1 aromatic carbocycles. The summed E-state index contributed by atoms with van der Waals surface area (Å²) < 4.78 is 10.7. The normalized spacial score (nSPS) is 10.0. The summed E-state index contributed by atoms with van der Waals surface area (Å²) >= 11 is 5.75. The minimum Gasteiger partial charge on any atom is -0.484 e. The molecule has 0 spiro atoms. The first-order valence-corrected chi connectivity index (χ1v) is 6.57. The number of amides is 1. The lowest BCUT2D eigenvalue weighted by Gasteiger charge is -2.06. The lowest BCUT2D eigenvalue weighted by Crippen LogP contribution is -2.20. The van der Waals surface area contributed by atoms with Gasteiger partial charge in [-0.2, -0.15) is 5.26 Å². The molecule has 0 radical (unpaired) electrons. The van der Waals surface area contributed by atoms with Crippen molar-refractivity contribution in [1.29, 1.82) is 5.26 Å². The van der Waals surface area contributed by atoms with Crippen LogP contribution in [0.2, 0.25) is 5.02 Å². The number of ether oxygens (including phenoxy) is 1. The van der Waals surface area contributed by atoms with E-state index in [1.54, 1.807) is 38.1 Å². The Balaban J connectivity index is 1.98. The van der Waals surface area contributed by atoms with Crippen molar-refractivity contribution in [2.75, 3.05) is 11.9 Å². The predicted octanol–water partition coefficient (Wildman–Crippen LogP) is 3.44. The minimum absolute atomic E-state index is 0.150. The third-order valence-electron chi connectivity index (χ3n) is 2.93. The largest absolute Gasteiger partial charge is 0.484 e. The number of halogens is 1. The maximum absolute atomic E-state index is 11.8. The maximum Gasteiger partial charge on any atom is 0.264 e. The van der Waals surface area contributed by atoms with Crippen LogP contribution in [-0.2, 0) is 4.79 Å². The molecular formula is C15H13ClN2O3. The Bertz CT molecular complexity index is 699. The zero-order chi connectivity index (χ0) is 15.4. The van der Waals surface area contributed by atoms with E-state index in [9.17, 15) is 4.79 Å². The van der Waals surface area contributed by atoms with E-state index in [1.807, 2.05) is 6.07 Å². The van der Waals surface area contributed by atoms with Gasteiger partial charge in [-0.1, -0.05) is 11.6 Å². The van der Waals surface area contributed by atoms with Gasteiger partial charge in [0.25, 0.3) is 5.91 Å². The number of furan rings is 1. The summed E-state index contributed by atoms with van der Waals surface area (Å²) in [5.74, 6) is 0.870. The SMILES string of the molecule is Cc1oc(NC(=O)COc2ccc(Cl)cc2)c(C#N)c1C. The highest BCUT2D eigenvalue weighted by Crippen LogP contribution is 2.25. The van der Waals surface area contributed by atoms with Gasteiger partial charge in [-0.15, -0.1) is 0 Å². The maximum atomic E-state index is 11.8. The molecule has 0 aliphatic rings. The van der Waals surface area contributed by atoms with E-state index in [0.717, 1.165) is 0 Å². The van der Waals surface area contributed by atoms with Crippen LogP contribution < -0.4 is 10.1 Å². The summed E-state index contributed by atoms with van der Waals surface area (Å²) in [6.07, 6.45) is 0. The number of hydrogen-bond acceptors (Lipinski definition) is 4. The van der Waals surface area contributed by atoms with Gasteiger partial charge in [0.1, 0.15) is 23.1 Å². The summed E-state index contributed by atoms with van der Waals surface area (Å²) in [6.45, 7) is 3.30. The molecule has 0 saturated carbocycles. The number of rotatable bonds is 4. The van der Waals surface area contributed by atoms with E-state index >= 15 is 0 Å². The van der Waals surface area contributed by atoms with E-state index in [4.69, 9.17) is 26.0 Å². The number of carbonyl (C=O) groups excluding carboxylic acids is 1. The number of aryl methyl sites for hydroxylation is 1. The van der Waals surface area contributed by atoms with Gasteiger partial charge < -0.3 is 9.15 Å². The molecule has 0 unspecified atom stereocenters. The third kappa shape index (κ3) is 3.56. The highest BCUT2D eigenvalue weighted by atomic mass is 35.5. The first-order valence-electron chi connectivity index (χ1n) is 6.19. The fraction of sp³-hybridized carbons (Fsp3) is 0.200. The summed E-state index contributed by atoms with van der Waals surface area (Å²) in [5.41, 5.74) is 1.04. The number of hydrogen-bond donors (Lipinski definition) is 1. The molecule has 2 aromatic rings. The zero-order valence-corrected chi connectivity index (χ0v) is 12.3. The minimum atomic E-state index is -0.407. The molecule has 0 aliphatic heterocycles. The second-order valence-electron chi connectivity index (χ2n) is 4.39. The van der Waals surface area contributed by atoms with Gasteiger partial charge in [-0.3, -0.25) is 10.1 Å². The van der Waals surface area contributed by atoms with Crippen molar-refractivity contribution in [1.82, 2.24) is 0 Å². The summed E-state index contributed by atoms with van der Waals surface area (Å²) in [6, 6.07) is 8.67. The van der Waals surface area contributed by atoms with E-state index in [2.05, 4.69) is 5.32 Å². The highest BCUT2D eigenvalue weighted by Gasteiger charge is 2.16. The van der Waals surface area contributed by atoms with Crippen molar-refractivity contribution in [3.63, 3.8) is 0 Å². The number of anilines is 1. The number of nitrogens with one attached hydrogen (secondary N) is 1. The van der Waals surface area contributed by atoms with E-state index in [0.29, 0.717) is 27.7 Å². The Morgan fingerprint density at radius 1 is 1.38 bits per heavy atom. The fourth-order valence-corrected chi connectivity index (χ4v) is 1.82. The Morgan fingerprint density at radius 3 is 2.67 bits per heavy atom. The van der Waals surface area contributed by atoms with Crippen LogP contribution in [0.15, 0.2) is 28.7 Å². The Kier molecular flexibility index (Phi) is 4.51. The molecule has 0 saturated heterocycles. The third-order valence-corrected chi connectivity index (χ3v) is 3.19. The van der Waals surface area contributed by atoms with Crippen LogP contribution in [0.3, 0.4) is 0 Å². The van der Waals surface area contributed by atoms with Gasteiger partial charge >= 0.3 is 0 Å². The highest BCUT2D eigenvalue weighted by molar-refractivity contribution is 6.30. The van der Waals surface area contributed by atoms with Crippen molar-refractivity contribution < 1.29 is 13.9 Å². The summed E-state index contributed by atoms with van der Waals surface area (Å²) in [5, 5.41) is 12.2. The van der Waals surface area contributed by atoms with Crippen LogP contribution in [0.25, 0.3) is 0 Å². The average molecular weight is 305 g/mol. The van der Waals surface area contributed by atoms with Crippen LogP contribution in [0.4, 0.5) is 5.88 Å². The molecule has 21 heavy (non-hydrogen) atoms. The summed E-state index contributed by atoms with van der Waals surface area (Å²) in [7, 11) is 0. The van der Waals surface area contributed by atoms with Crippen molar-refractivity contribution in [2.24, 2.45) is 0 Å². The molecule has 2 rings (SSSR count). The molecule has 0 atom stereocenters. The number of nitriles is 1.